The summed E-state index contributed by atoms with van der Waals surface area (Å²) in [4.78, 5) is 14.0. The lowest BCUT2D eigenvalue weighted by Crippen LogP contribution is -2.42. The lowest BCUT2D eigenvalue weighted by atomic mass is 9.92. The van der Waals surface area contributed by atoms with Crippen molar-refractivity contribution in [1.29, 1.82) is 0 Å². The molecule has 1 aromatic carbocycles. The summed E-state index contributed by atoms with van der Waals surface area (Å²) in [6.07, 6.45) is 0. The van der Waals surface area contributed by atoms with Gasteiger partial charge in [-0.2, -0.15) is 0 Å². The van der Waals surface area contributed by atoms with Gasteiger partial charge >= 0.3 is 0 Å². The Morgan fingerprint density at radius 2 is 2.05 bits per heavy atom. The van der Waals surface area contributed by atoms with E-state index in [1.54, 1.807) is 24.0 Å². The topological polar surface area (TPSA) is 46.3 Å². The molecule has 2 N–H and O–H groups in total. The Hall–Kier alpha value is -1.42. The quantitative estimate of drug-likeness (QED) is 0.890. The highest BCUT2D eigenvalue weighted by Crippen LogP contribution is 2.19. The highest BCUT2D eigenvalue weighted by atomic mass is 19.1. The van der Waals surface area contributed by atoms with Gasteiger partial charge in [-0.1, -0.05) is 26.0 Å². The van der Waals surface area contributed by atoms with Crippen LogP contribution in [0.5, 0.6) is 0 Å². The molecule has 0 aliphatic carbocycles. The predicted octanol–water partition coefficient (Wildman–Crippen LogP) is 2.58. The molecule has 0 unspecified atom stereocenters. The van der Waals surface area contributed by atoms with Gasteiger partial charge in [0.25, 0.3) is 5.91 Å². The average Bonchev–Trinajstić information content (AvgIpc) is 2.38. The highest BCUT2D eigenvalue weighted by molar-refractivity contribution is 5.94. The van der Waals surface area contributed by atoms with Crippen molar-refractivity contribution in [2.75, 3.05) is 19.6 Å². The maximum atomic E-state index is 14.0. The lowest BCUT2D eigenvalue weighted by molar-refractivity contribution is 0.0696. The van der Waals surface area contributed by atoms with Crippen molar-refractivity contribution in [2.24, 2.45) is 11.1 Å². The number of rotatable bonds is 5. The molecule has 0 fully saturated rings. The zero-order chi connectivity index (χ0) is 14.6. The van der Waals surface area contributed by atoms with Crippen LogP contribution in [0.25, 0.3) is 0 Å². The summed E-state index contributed by atoms with van der Waals surface area (Å²) >= 11 is 0. The molecule has 1 aromatic rings. The molecule has 0 atom stereocenters. The number of carbonyl (C=O) groups excluding carboxylic acids is 1. The Balaban J connectivity index is 2.99. The highest BCUT2D eigenvalue weighted by Gasteiger charge is 2.25. The van der Waals surface area contributed by atoms with E-state index in [4.69, 9.17) is 5.73 Å². The third-order valence-electron chi connectivity index (χ3n) is 3.26. The van der Waals surface area contributed by atoms with Crippen molar-refractivity contribution < 1.29 is 9.18 Å². The Morgan fingerprint density at radius 3 is 2.58 bits per heavy atom. The molecule has 106 valence electrons. The van der Waals surface area contributed by atoms with Crippen LogP contribution in [0.1, 0.15) is 36.7 Å². The van der Waals surface area contributed by atoms with Crippen molar-refractivity contribution in [3.63, 3.8) is 0 Å². The van der Waals surface area contributed by atoms with Gasteiger partial charge in [0.1, 0.15) is 5.82 Å². The predicted molar refractivity (Wildman–Crippen MR) is 75.5 cm³/mol. The summed E-state index contributed by atoms with van der Waals surface area (Å²) in [5.74, 6) is -0.707. The maximum Gasteiger partial charge on any atom is 0.256 e. The molecule has 0 aromatic heterocycles. The number of nitrogens with zero attached hydrogens (tertiary/aromatic N) is 1. The molecule has 3 nitrogen and oxygen atoms in total. The zero-order valence-corrected chi connectivity index (χ0v) is 12.2. The molecule has 19 heavy (non-hydrogen) atoms. The van der Waals surface area contributed by atoms with Crippen molar-refractivity contribution in [1.82, 2.24) is 4.90 Å². The van der Waals surface area contributed by atoms with Gasteiger partial charge < -0.3 is 10.6 Å². The third-order valence-corrected chi connectivity index (χ3v) is 3.26. The fourth-order valence-electron chi connectivity index (χ4n) is 1.89. The fourth-order valence-corrected chi connectivity index (χ4v) is 1.89. The van der Waals surface area contributed by atoms with Crippen LogP contribution < -0.4 is 5.73 Å². The fraction of sp³-hybridized carbons (Fsp3) is 0.533. The number of benzene rings is 1. The maximum absolute atomic E-state index is 14.0. The van der Waals surface area contributed by atoms with E-state index in [1.165, 1.54) is 6.07 Å². The first kappa shape index (κ1) is 15.6. The average molecular weight is 266 g/mol. The largest absolute Gasteiger partial charge is 0.338 e. The molecule has 1 amide bonds. The van der Waals surface area contributed by atoms with E-state index in [1.807, 2.05) is 20.8 Å². The number of amides is 1. The van der Waals surface area contributed by atoms with E-state index >= 15 is 0 Å². The second-order valence-electron chi connectivity index (χ2n) is 5.62. The molecule has 0 aliphatic heterocycles. The van der Waals surface area contributed by atoms with Gasteiger partial charge in [-0.25, -0.2) is 4.39 Å². The molecule has 1 rings (SSSR count). The number of halogens is 1. The summed E-state index contributed by atoms with van der Waals surface area (Å²) < 4.78 is 14.0. The first-order chi connectivity index (χ1) is 8.82. The minimum atomic E-state index is -0.434. The van der Waals surface area contributed by atoms with Gasteiger partial charge in [0.2, 0.25) is 0 Å². The smallest absolute Gasteiger partial charge is 0.256 e. The van der Waals surface area contributed by atoms with E-state index in [-0.39, 0.29) is 16.9 Å². The SMILES string of the molecule is CCN(CC(C)(C)CN)C(=O)c1cccc(C)c1F. The van der Waals surface area contributed by atoms with Crippen LogP contribution in [0.4, 0.5) is 4.39 Å². The normalized spacial score (nSPS) is 11.5. The van der Waals surface area contributed by atoms with Gasteiger partial charge in [-0.05, 0) is 37.4 Å². The molecule has 0 radical (unpaired) electrons. The van der Waals surface area contributed by atoms with E-state index in [9.17, 15) is 9.18 Å². The van der Waals surface area contributed by atoms with E-state index in [2.05, 4.69) is 0 Å². The Labute approximate surface area is 114 Å². The Morgan fingerprint density at radius 1 is 1.42 bits per heavy atom. The number of nitrogens with two attached hydrogens (primary N) is 1. The molecule has 0 bridgehead atoms. The summed E-state index contributed by atoms with van der Waals surface area (Å²) in [6, 6.07) is 4.89. The Kier molecular flexibility index (Phi) is 5.06. The minimum Gasteiger partial charge on any atom is -0.338 e. The number of carbonyl (C=O) groups is 1. The second-order valence-corrected chi connectivity index (χ2v) is 5.62. The molecular formula is C15H23FN2O. The van der Waals surface area contributed by atoms with Crippen molar-refractivity contribution in [3.8, 4) is 0 Å². The van der Waals surface area contributed by atoms with Crippen LogP contribution in [0.2, 0.25) is 0 Å². The lowest BCUT2D eigenvalue weighted by Gasteiger charge is -2.31. The molecule has 0 heterocycles. The van der Waals surface area contributed by atoms with Crippen LogP contribution in [-0.4, -0.2) is 30.4 Å². The van der Waals surface area contributed by atoms with Crippen LogP contribution in [-0.2, 0) is 0 Å². The molecule has 0 aliphatic rings. The number of hydrogen-bond donors (Lipinski definition) is 1. The minimum absolute atomic E-state index is 0.134. The van der Waals surface area contributed by atoms with E-state index in [0.717, 1.165) is 0 Å². The van der Waals surface area contributed by atoms with Gasteiger partial charge in [0, 0.05) is 13.1 Å². The first-order valence-electron chi connectivity index (χ1n) is 6.57. The van der Waals surface area contributed by atoms with Crippen molar-refractivity contribution in [2.45, 2.75) is 27.7 Å². The van der Waals surface area contributed by atoms with Gasteiger partial charge in [0.15, 0.2) is 0 Å². The van der Waals surface area contributed by atoms with Crippen LogP contribution in [0, 0.1) is 18.2 Å². The summed E-state index contributed by atoms with van der Waals surface area (Å²) in [5.41, 5.74) is 6.14. The number of aryl methyl sites for hydroxylation is 1. The second kappa shape index (κ2) is 6.15. The zero-order valence-electron chi connectivity index (χ0n) is 12.2. The third kappa shape index (κ3) is 3.77. The molecule has 4 heteroatoms. The standard InChI is InChI=1S/C15H23FN2O/c1-5-18(10-15(3,4)9-17)14(19)12-8-6-7-11(2)13(12)16/h6-8H,5,9-10,17H2,1-4H3. The molecule has 0 saturated heterocycles. The summed E-state index contributed by atoms with van der Waals surface area (Å²) in [7, 11) is 0. The molecular weight excluding hydrogens is 243 g/mol. The number of hydrogen-bond acceptors (Lipinski definition) is 2. The first-order valence-corrected chi connectivity index (χ1v) is 6.57. The monoisotopic (exact) mass is 266 g/mol. The summed E-state index contributed by atoms with van der Waals surface area (Å²) in [6.45, 7) is 9.07. The summed E-state index contributed by atoms with van der Waals surface area (Å²) in [5, 5.41) is 0. The van der Waals surface area contributed by atoms with Crippen molar-refractivity contribution >= 4 is 5.91 Å². The van der Waals surface area contributed by atoms with E-state index < -0.39 is 5.82 Å². The Bertz CT molecular complexity index is 457. The molecule has 0 saturated carbocycles. The van der Waals surface area contributed by atoms with Gasteiger partial charge in [-0.3, -0.25) is 4.79 Å². The van der Waals surface area contributed by atoms with Crippen molar-refractivity contribution in [3.05, 3.63) is 35.1 Å². The van der Waals surface area contributed by atoms with Crippen LogP contribution in [0.3, 0.4) is 0 Å². The molecule has 0 spiro atoms. The van der Waals surface area contributed by atoms with E-state index in [0.29, 0.717) is 25.2 Å². The van der Waals surface area contributed by atoms with Gasteiger partial charge in [0.05, 0.1) is 5.56 Å². The van der Waals surface area contributed by atoms with Crippen LogP contribution in [0.15, 0.2) is 18.2 Å². The van der Waals surface area contributed by atoms with Gasteiger partial charge in [-0.15, -0.1) is 0 Å². The van der Waals surface area contributed by atoms with Crippen LogP contribution >= 0.6 is 0 Å².